The van der Waals surface area contributed by atoms with Crippen LogP contribution in [0.1, 0.15) is 61.3 Å². The summed E-state index contributed by atoms with van der Waals surface area (Å²) in [6.07, 6.45) is 2.07. The van der Waals surface area contributed by atoms with E-state index in [0.29, 0.717) is 37.1 Å². The van der Waals surface area contributed by atoms with Crippen molar-refractivity contribution in [2.75, 3.05) is 19.6 Å². The number of amides is 1. The molecule has 1 aromatic heterocycles. The van der Waals surface area contributed by atoms with Crippen LogP contribution in [-0.4, -0.2) is 41.8 Å². The lowest BCUT2D eigenvalue weighted by Crippen LogP contribution is -2.41. The van der Waals surface area contributed by atoms with Gasteiger partial charge < -0.3 is 25.6 Å². The van der Waals surface area contributed by atoms with Gasteiger partial charge in [0.2, 0.25) is 0 Å². The van der Waals surface area contributed by atoms with Gasteiger partial charge in [-0.25, -0.2) is 4.99 Å². The minimum absolute atomic E-state index is 0.133. The molecule has 158 valence electrons. The minimum Gasteiger partial charge on any atom is -0.508 e. The maximum atomic E-state index is 12.1. The Morgan fingerprint density at radius 1 is 1.10 bits per heavy atom. The predicted octanol–water partition coefficient (Wildman–Crippen LogP) is 2.77. The predicted molar refractivity (Wildman–Crippen MR) is 113 cm³/mol. The van der Waals surface area contributed by atoms with Crippen molar-refractivity contribution >= 4 is 11.9 Å². The van der Waals surface area contributed by atoms with Crippen LogP contribution in [0.15, 0.2) is 39.8 Å². The van der Waals surface area contributed by atoms with E-state index in [-0.39, 0.29) is 11.7 Å². The molecule has 2 aromatic rings. The van der Waals surface area contributed by atoms with Gasteiger partial charge in [0, 0.05) is 37.2 Å². The van der Waals surface area contributed by atoms with Crippen molar-refractivity contribution in [1.82, 2.24) is 21.1 Å². The Kier molecular flexibility index (Phi) is 9.01. The minimum atomic E-state index is -0.190. The molecule has 1 heterocycles. The first-order chi connectivity index (χ1) is 14.1. The van der Waals surface area contributed by atoms with Gasteiger partial charge in [-0.2, -0.15) is 0 Å². The van der Waals surface area contributed by atoms with E-state index in [1.807, 2.05) is 13.0 Å². The number of aromatic nitrogens is 1. The fourth-order valence-electron chi connectivity index (χ4n) is 2.87. The maximum Gasteiger partial charge on any atom is 0.251 e. The first-order valence-electron chi connectivity index (χ1n) is 10.1. The number of aliphatic imine (C=N–C) groups is 1. The number of hydrogen-bond donors (Lipinski definition) is 4. The molecule has 0 unspecified atom stereocenters. The number of benzene rings is 1. The Labute approximate surface area is 171 Å². The molecule has 2 rings (SSSR count). The van der Waals surface area contributed by atoms with Crippen molar-refractivity contribution < 1.29 is 14.4 Å². The largest absolute Gasteiger partial charge is 0.508 e. The van der Waals surface area contributed by atoms with Crippen molar-refractivity contribution in [3.8, 4) is 5.75 Å². The number of carbonyl (C=O) groups excluding carboxylic acids is 1. The van der Waals surface area contributed by atoms with Crippen LogP contribution in [-0.2, 0) is 6.54 Å². The van der Waals surface area contributed by atoms with E-state index >= 15 is 0 Å². The third-order valence-corrected chi connectivity index (χ3v) is 4.55. The zero-order valence-corrected chi connectivity index (χ0v) is 17.4. The van der Waals surface area contributed by atoms with E-state index < -0.39 is 0 Å². The quantitative estimate of drug-likeness (QED) is 0.277. The SMILES string of the molecule is CCNC(=NCc1cc(C(CC)CC)no1)NCCNC(=O)c1ccc(O)cc1. The highest BCUT2D eigenvalue weighted by molar-refractivity contribution is 5.94. The summed E-state index contributed by atoms with van der Waals surface area (Å²) in [4.78, 5) is 16.6. The Hall–Kier alpha value is -3.03. The Bertz CT molecular complexity index is 782. The monoisotopic (exact) mass is 401 g/mol. The molecule has 4 N–H and O–H groups in total. The van der Waals surface area contributed by atoms with Crippen LogP contribution in [0.5, 0.6) is 5.75 Å². The molecule has 0 atom stereocenters. The highest BCUT2D eigenvalue weighted by Gasteiger charge is 2.12. The van der Waals surface area contributed by atoms with Crippen molar-refractivity contribution in [3.05, 3.63) is 47.3 Å². The van der Waals surface area contributed by atoms with Gasteiger partial charge in [0.25, 0.3) is 5.91 Å². The number of rotatable bonds is 10. The lowest BCUT2D eigenvalue weighted by Gasteiger charge is -2.11. The van der Waals surface area contributed by atoms with Crippen LogP contribution in [0.2, 0.25) is 0 Å². The molecule has 0 bridgehead atoms. The molecule has 0 spiro atoms. The average molecular weight is 402 g/mol. The summed E-state index contributed by atoms with van der Waals surface area (Å²) in [5, 5.41) is 22.6. The van der Waals surface area contributed by atoms with Crippen LogP contribution in [0, 0.1) is 0 Å². The van der Waals surface area contributed by atoms with Gasteiger partial charge >= 0.3 is 0 Å². The molecule has 0 aliphatic heterocycles. The second-order valence-corrected chi connectivity index (χ2v) is 6.66. The number of carbonyl (C=O) groups is 1. The normalized spacial score (nSPS) is 11.5. The van der Waals surface area contributed by atoms with E-state index in [0.717, 1.165) is 30.8 Å². The Balaban J connectivity index is 1.81. The molecule has 0 aliphatic carbocycles. The van der Waals surface area contributed by atoms with Gasteiger partial charge in [0.15, 0.2) is 11.7 Å². The zero-order valence-electron chi connectivity index (χ0n) is 17.4. The summed E-state index contributed by atoms with van der Waals surface area (Å²) in [6.45, 7) is 8.35. The number of phenolic OH excluding ortho intramolecular Hbond substituents is 1. The van der Waals surface area contributed by atoms with Gasteiger partial charge in [-0.3, -0.25) is 4.79 Å². The van der Waals surface area contributed by atoms with Crippen LogP contribution < -0.4 is 16.0 Å². The molecular formula is C21H31N5O3. The summed E-state index contributed by atoms with van der Waals surface area (Å²) in [7, 11) is 0. The van der Waals surface area contributed by atoms with Crippen LogP contribution >= 0.6 is 0 Å². The number of hydrogen-bond acceptors (Lipinski definition) is 5. The fraction of sp³-hybridized carbons (Fsp3) is 0.476. The molecule has 1 amide bonds. The lowest BCUT2D eigenvalue weighted by atomic mass is 9.99. The van der Waals surface area contributed by atoms with Crippen LogP contribution in [0.3, 0.4) is 0 Å². The van der Waals surface area contributed by atoms with Gasteiger partial charge in [0.05, 0.1) is 5.69 Å². The van der Waals surface area contributed by atoms with E-state index in [1.165, 1.54) is 12.1 Å². The smallest absolute Gasteiger partial charge is 0.251 e. The number of nitrogens with zero attached hydrogens (tertiary/aromatic N) is 2. The lowest BCUT2D eigenvalue weighted by molar-refractivity contribution is 0.0954. The first-order valence-corrected chi connectivity index (χ1v) is 10.1. The Morgan fingerprint density at radius 3 is 2.45 bits per heavy atom. The van der Waals surface area contributed by atoms with Crippen molar-refractivity contribution in [2.24, 2.45) is 4.99 Å². The molecule has 8 nitrogen and oxygen atoms in total. The van der Waals surface area contributed by atoms with Gasteiger partial charge in [-0.15, -0.1) is 0 Å². The molecule has 0 saturated carbocycles. The highest BCUT2D eigenvalue weighted by Crippen LogP contribution is 2.22. The first kappa shape index (κ1) is 22.3. The summed E-state index contributed by atoms with van der Waals surface area (Å²) in [5.74, 6) is 1.73. The third-order valence-electron chi connectivity index (χ3n) is 4.55. The summed E-state index contributed by atoms with van der Waals surface area (Å²) in [5.41, 5.74) is 1.48. The molecule has 0 radical (unpaired) electrons. The molecule has 0 fully saturated rings. The van der Waals surface area contributed by atoms with Crippen LogP contribution in [0.25, 0.3) is 0 Å². The van der Waals surface area contributed by atoms with E-state index in [2.05, 4.69) is 39.9 Å². The molecule has 29 heavy (non-hydrogen) atoms. The standard InChI is InChI=1S/C21H31N5O3/c1-4-15(5-2)19-13-18(29-26-19)14-25-21(22-6-3)24-12-11-23-20(28)16-7-9-17(27)10-8-16/h7-10,13,15,27H,4-6,11-12,14H2,1-3H3,(H,23,28)(H2,22,24,25). The topological polar surface area (TPSA) is 112 Å². The molecular weight excluding hydrogens is 370 g/mol. The van der Waals surface area contributed by atoms with Crippen molar-refractivity contribution in [1.29, 1.82) is 0 Å². The second kappa shape index (κ2) is 11.7. The average Bonchev–Trinajstić information content (AvgIpc) is 3.19. The number of nitrogens with one attached hydrogen (secondary N) is 3. The maximum absolute atomic E-state index is 12.1. The van der Waals surface area contributed by atoms with Gasteiger partial charge in [-0.1, -0.05) is 19.0 Å². The Morgan fingerprint density at radius 2 is 1.79 bits per heavy atom. The van der Waals surface area contributed by atoms with Crippen molar-refractivity contribution in [2.45, 2.75) is 46.1 Å². The van der Waals surface area contributed by atoms with E-state index in [1.54, 1.807) is 12.1 Å². The molecule has 0 aliphatic rings. The molecule has 8 heteroatoms. The summed E-state index contributed by atoms with van der Waals surface area (Å²) >= 11 is 0. The van der Waals surface area contributed by atoms with Gasteiger partial charge in [0.1, 0.15) is 12.3 Å². The van der Waals surface area contributed by atoms with E-state index in [9.17, 15) is 9.90 Å². The van der Waals surface area contributed by atoms with Crippen LogP contribution in [0.4, 0.5) is 0 Å². The fourth-order valence-corrected chi connectivity index (χ4v) is 2.87. The van der Waals surface area contributed by atoms with E-state index in [4.69, 9.17) is 4.52 Å². The second-order valence-electron chi connectivity index (χ2n) is 6.66. The number of phenols is 1. The molecule has 0 saturated heterocycles. The zero-order chi connectivity index (χ0) is 21.1. The highest BCUT2D eigenvalue weighted by atomic mass is 16.5. The summed E-state index contributed by atoms with van der Waals surface area (Å²) < 4.78 is 5.40. The third kappa shape index (κ3) is 7.14. The summed E-state index contributed by atoms with van der Waals surface area (Å²) in [6, 6.07) is 8.11. The molecule has 1 aromatic carbocycles. The van der Waals surface area contributed by atoms with Crippen molar-refractivity contribution in [3.63, 3.8) is 0 Å². The number of guanidine groups is 1. The van der Waals surface area contributed by atoms with Gasteiger partial charge in [-0.05, 0) is 44.0 Å². The number of aromatic hydroxyl groups is 1.